The Morgan fingerprint density at radius 2 is 2.00 bits per heavy atom. The lowest BCUT2D eigenvalue weighted by molar-refractivity contribution is -0.111. The quantitative estimate of drug-likeness (QED) is 0.644. The number of carbonyl (C=O) groups is 1. The van der Waals surface area contributed by atoms with Gasteiger partial charge >= 0.3 is 0 Å². The summed E-state index contributed by atoms with van der Waals surface area (Å²) >= 11 is 12.2. The van der Waals surface area contributed by atoms with Gasteiger partial charge < -0.3 is 11.1 Å². The predicted octanol–water partition coefficient (Wildman–Crippen LogP) is 4.54. The van der Waals surface area contributed by atoms with E-state index >= 15 is 0 Å². The van der Waals surface area contributed by atoms with Crippen molar-refractivity contribution in [2.24, 2.45) is 0 Å². The number of nitrogens with one attached hydrogen (secondary N) is 1. The number of aryl methyl sites for hydroxylation is 1. The molecule has 0 radical (unpaired) electrons. The Kier molecular flexibility index (Phi) is 4.89. The van der Waals surface area contributed by atoms with E-state index in [1.54, 1.807) is 30.3 Å². The smallest absolute Gasteiger partial charge is 0.248 e. The largest absolute Gasteiger partial charge is 0.399 e. The van der Waals surface area contributed by atoms with Crippen molar-refractivity contribution in [3.8, 4) is 0 Å². The second-order valence-electron chi connectivity index (χ2n) is 4.55. The van der Waals surface area contributed by atoms with Crippen LogP contribution in [-0.2, 0) is 4.79 Å². The highest BCUT2D eigenvalue weighted by Crippen LogP contribution is 2.32. The van der Waals surface area contributed by atoms with Crippen molar-refractivity contribution < 1.29 is 4.79 Å². The van der Waals surface area contributed by atoms with Crippen LogP contribution in [-0.4, -0.2) is 5.91 Å². The number of hydrogen-bond acceptors (Lipinski definition) is 2. The molecule has 0 bridgehead atoms. The average Bonchev–Trinajstić information content (AvgIpc) is 2.46. The van der Waals surface area contributed by atoms with Crippen LogP contribution in [0.3, 0.4) is 0 Å². The molecule has 1 amide bonds. The minimum absolute atomic E-state index is 0.313. The van der Waals surface area contributed by atoms with Gasteiger partial charge in [-0.1, -0.05) is 41.4 Å². The van der Waals surface area contributed by atoms with Gasteiger partial charge in [0, 0.05) is 11.8 Å². The fourth-order valence-corrected chi connectivity index (χ4v) is 2.24. The second-order valence-corrected chi connectivity index (χ2v) is 5.33. The lowest BCUT2D eigenvalue weighted by Crippen LogP contribution is -2.09. The van der Waals surface area contributed by atoms with Crippen LogP contribution in [0.25, 0.3) is 6.08 Å². The zero-order valence-electron chi connectivity index (χ0n) is 11.4. The number of nitrogen functional groups attached to an aromatic ring is 1. The molecule has 0 atom stereocenters. The third kappa shape index (κ3) is 4.00. The van der Waals surface area contributed by atoms with Crippen molar-refractivity contribution >= 4 is 46.6 Å². The predicted molar refractivity (Wildman–Crippen MR) is 89.7 cm³/mol. The molecule has 0 fully saturated rings. The molecular weight excluding hydrogens is 307 g/mol. The Bertz CT molecular complexity index is 711. The number of hydrogen-bond donors (Lipinski definition) is 2. The highest BCUT2D eigenvalue weighted by Gasteiger charge is 2.10. The van der Waals surface area contributed by atoms with Crippen LogP contribution >= 0.6 is 23.2 Å². The standard InChI is InChI=1S/C16H14Cl2N2O/c1-10-5-7-13(17)16(15(10)18)20-14(21)8-6-11-3-2-4-12(19)9-11/h2-9H,19H2,1H3,(H,20,21)/b8-6+. The summed E-state index contributed by atoms with van der Waals surface area (Å²) in [7, 11) is 0. The molecule has 21 heavy (non-hydrogen) atoms. The maximum Gasteiger partial charge on any atom is 0.248 e. The van der Waals surface area contributed by atoms with Gasteiger partial charge in [0.25, 0.3) is 0 Å². The van der Waals surface area contributed by atoms with E-state index in [0.717, 1.165) is 11.1 Å². The molecule has 108 valence electrons. The van der Waals surface area contributed by atoms with Gasteiger partial charge in [0.2, 0.25) is 5.91 Å². The normalized spacial score (nSPS) is 10.8. The molecule has 0 aliphatic carbocycles. The van der Waals surface area contributed by atoms with Gasteiger partial charge in [-0.15, -0.1) is 0 Å². The Hall–Kier alpha value is -1.97. The van der Waals surface area contributed by atoms with Gasteiger partial charge in [-0.2, -0.15) is 0 Å². The van der Waals surface area contributed by atoms with E-state index in [0.29, 0.717) is 21.4 Å². The Balaban J connectivity index is 2.14. The molecule has 0 saturated carbocycles. The van der Waals surface area contributed by atoms with E-state index in [9.17, 15) is 4.79 Å². The number of carbonyl (C=O) groups excluding carboxylic acids is 1. The van der Waals surface area contributed by atoms with Gasteiger partial charge in [0.1, 0.15) is 0 Å². The molecule has 0 saturated heterocycles. The molecule has 0 spiro atoms. The zero-order valence-corrected chi connectivity index (χ0v) is 12.9. The number of amides is 1. The van der Waals surface area contributed by atoms with Crippen molar-refractivity contribution in [3.63, 3.8) is 0 Å². The summed E-state index contributed by atoms with van der Waals surface area (Å²) in [4.78, 5) is 11.9. The van der Waals surface area contributed by atoms with Gasteiger partial charge in [-0.3, -0.25) is 4.79 Å². The Morgan fingerprint density at radius 1 is 1.24 bits per heavy atom. The lowest BCUT2D eigenvalue weighted by Gasteiger charge is -2.09. The number of anilines is 2. The molecule has 3 N–H and O–H groups in total. The van der Waals surface area contributed by atoms with E-state index in [-0.39, 0.29) is 5.91 Å². The van der Waals surface area contributed by atoms with Crippen molar-refractivity contribution in [1.29, 1.82) is 0 Å². The molecule has 5 heteroatoms. The van der Waals surface area contributed by atoms with Crippen LogP contribution in [0.4, 0.5) is 11.4 Å². The fourth-order valence-electron chi connectivity index (χ4n) is 1.77. The highest BCUT2D eigenvalue weighted by molar-refractivity contribution is 6.40. The lowest BCUT2D eigenvalue weighted by atomic mass is 10.2. The monoisotopic (exact) mass is 320 g/mol. The van der Waals surface area contributed by atoms with Crippen LogP contribution in [0, 0.1) is 6.92 Å². The minimum atomic E-state index is -0.313. The van der Waals surface area contributed by atoms with Crippen LogP contribution in [0.1, 0.15) is 11.1 Å². The van der Waals surface area contributed by atoms with E-state index in [1.165, 1.54) is 6.08 Å². The summed E-state index contributed by atoms with van der Waals surface area (Å²) in [6, 6.07) is 10.7. The van der Waals surface area contributed by atoms with Crippen molar-refractivity contribution in [1.82, 2.24) is 0 Å². The molecule has 0 heterocycles. The minimum Gasteiger partial charge on any atom is -0.399 e. The van der Waals surface area contributed by atoms with E-state index in [1.807, 2.05) is 19.1 Å². The summed E-state index contributed by atoms with van der Waals surface area (Å²) in [6.07, 6.45) is 3.08. The molecule has 2 rings (SSSR count). The topological polar surface area (TPSA) is 55.1 Å². The number of benzene rings is 2. The van der Waals surface area contributed by atoms with E-state index < -0.39 is 0 Å². The Morgan fingerprint density at radius 3 is 2.71 bits per heavy atom. The third-order valence-electron chi connectivity index (χ3n) is 2.87. The first kappa shape index (κ1) is 15.4. The van der Waals surface area contributed by atoms with Crippen molar-refractivity contribution in [2.45, 2.75) is 6.92 Å². The molecule has 2 aromatic carbocycles. The third-order valence-corrected chi connectivity index (χ3v) is 3.67. The van der Waals surface area contributed by atoms with Crippen LogP contribution in [0.15, 0.2) is 42.5 Å². The van der Waals surface area contributed by atoms with Gasteiger partial charge in [0.05, 0.1) is 15.7 Å². The van der Waals surface area contributed by atoms with Gasteiger partial charge in [-0.05, 0) is 42.3 Å². The zero-order chi connectivity index (χ0) is 15.4. The molecular formula is C16H14Cl2N2O. The first-order valence-electron chi connectivity index (χ1n) is 6.26. The maximum atomic E-state index is 11.9. The summed E-state index contributed by atoms with van der Waals surface area (Å²) in [5.74, 6) is -0.313. The molecule has 2 aromatic rings. The Labute approximate surface area is 133 Å². The average molecular weight is 321 g/mol. The first-order chi connectivity index (χ1) is 9.97. The van der Waals surface area contributed by atoms with Gasteiger partial charge in [0.15, 0.2) is 0 Å². The van der Waals surface area contributed by atoms with Crippen LogP contribution in [0.2, 0.25) is 10.0 Å². The maximum absolute atomic E-state index is 11.9. The molecule has 0 aromatic heterocycles. The summed E-state index contributed by atoms with van der Waals surface area (Å²) < 4.78 is 0. The summed E-state index contributed by atoms with van der Waals surface area (Å²) in [5, 5.41) is 3.52. The number of halogens is 2. The highest BCUT2D eigenvalue weighted by atomic mass is 35.5. The van der Waals surface area contributed by atoms with E-state index in [2.05, 4.69) is 5.32 Å². The van der Waals surface area contributed by atoms with Crippen molar-refractivity contribution in [3.05, 3.63) is 63.6 Å². The fraction of sp³-hybridized carbons (Fsp3) is 0.0625. The number of rotatable bonds is 3. The molecule has 3 nitrogen and oxygen atoms in total. The van der Waals surface area contributed by atoms with Crippen LogP contribution in [0.5, 0.6) is 0 Å². The molecule has 0 aliphatic rings. The summed E-state index contributed by atoms with van der Waals surface area (Å²) in [5.41, 5.74) is 8.42. The van der Waals surface area contributed by atoms with Gasteiger partial charge in [-0.25, -0.2) is 0 Å². The van der Waals surface area contributed by atoms with Crippen LogP contribution < -0.4 is 11.1 Å². The number of nitrogens with two attached hydrogens (primary N) is 1. The molecule has 0 unspecified atom stereocenters. The molecule has 0 aliphatic heterocycles. The van der Waals surface area contributed by atoms with Crippen molar-refractivity contribution in [2.75, 3.05) is 11.1 Å². The first-order valence-corrected chi connectivity index (χ1v) is 7.02. The van der Waals surface area contributed by atoms with E-state index in [4.69, 9.17) is 28.9 Å². The second kappa shape index (κ2) is 6.66. The SMILES string of the molecule is Cc1ccc(Cl)c(NC(=O)/C=C/c2cccc(N)c2)c1Cl. The summed E-state index contributed by atoms with van der Waals surface area (Å²) in [6.45, 7) is 1.84.